The van der Waals surface area contributed by atoms with Crippen LogP contribution >= 0.6 is 0 Å². The van der Waals surface area contributed by atoms with E-state index in [1.807, 2.05) is 29.0 Å². The fraction of sp³-hybridized carbons (Fsp3) is 0.385. The van der Waals surface area contributed by atoms with Gasteiger partial charge < -0.3 is 14.0 Å². The van der Waals surface area contributed by atoms with Crippen molar-refractivity contribution in [2.24, 2.45) is 5.41 Å². The number of benzene rings is 2. The number of hydrogen-bond donors (Lipinski definition) is 0. The number of ketones is 1. The van der Waals surface area contributed by atoms with Crippen molar-refractivity contribution in [3.05, 3.63) is 72.8 Å². The molecule has 1 aliphatic rings. The van der Waals surface area contributed by atoms with Crippen LogP contribution in [0.5, 0.6) is 5.75 Å². The van der Waals surface area contributed by atoms with E-state index < -0.39 is 0 Å². The van der Waals surface area contributed by atoms with Crippen LogP contribution in [0.3, 0.4) is 0 Å². The largest absolute Gasteiger partial charge is 0.497 e. The number of rotatable bonds is 9. The minimum atomic E-state index is -0.333. The van der Waals surface area contributed by atoms with Gasteiger partial charge in [0.05, 0.1) is 13.4 Å². The van der Waals surface area contributed by atoms with Crippen LogP contribution in [0.1, 0.15) is 31.2 Å². The Balaban J connectivity index is 1.50. The molecule has 5 nitrogen and oxygen atoms in total. The maximum Gasteiger partial charge on any atom is 0.139 e. The Bertz CT molecular complexity index is 991. The summed E-state index contributed by atoms with van der Waals surface area (Å²) in [6.07, 6.45) is 9.29. The van der Waals surface area contributed by atoms with Crippen molar-refractivity contribution in [1.29, 1.82) is 0 Å². The zero-order chi connectivity index (χ0) is 21.5. The number of carbonyl (C=O) groups excluding carboxylic acids is 1. The molecule has 162 valence electrons. The molecule has 0 bridgehead atoms. The molecule has 0 aliphatic carbocycles. The topological polar surface area (TPSA) is 53.4 Å². The van der Waals surface area contributed by atoms with Crippen molar-refractivity contribution in [3.63, 3.8) is 0 Å². The lowest BCUT2D eigenvalue weighted by Gasteiger charge is -2.36. The number of ether oxygens (including phenoxy) is 2. The Morgan fingerprint density at radius 1 is 1.13 bits per heavy atom. The van der Waals surface area contributed by atoms with E-state index in [4.69, 9.17) is 9.47 Å². The van der Waals surface area contributed by atoms with Gasteiger partial charge in [-0.15, -0.1) is 0 Å². The summed E-state index contributed by atoms with van der Waals surface area (Å²) in [7, 11) is 1.68. The Morgan fingerprint density at radius 2 is 1.90 bits per heavy atom. The third-order valence-electron chi connectivity index (χ3n) is 6.29. The molecule has 1 fully saturated rings. The van der Waals surface area contributed by atoms with Gasteiger partial charge in [0.15, 0.2) is 0 Å². The summed E-state index contributed by atoms with van der Waals surface area (Å²) in [5, 5.41) is 0. The first-order valence-corrected chi connectivity index (χ1v) is 11.0. The van der Waals surface area contributed by atoms with E-state index in [0.717, 1.165) is 49.1 Å². The van der Waals surface area contributed by atoms with Gasteiger partial charge in [-0.25, -0.2) is 4.98 Å². The minimum Gasteiger partial charge on any atom is -0.497 e. The van der Waals surface area contributed by atoms with Crippen molar-refractivity contribution in [1.82, 2.24) is 9.55 Å². The standard InChI is InChI=1S/C26H30N2O3/c1-30-24-8-3-7-23(18-24)22-6-2-5-21(17-22)19-26(10-15-31-16-11-26)25(29)9-4-13-28-14-12-27-20-28/h2-3,5-8,12,14,17-18,20H,4,9-11,13,15-16,19H2,1H3. The van der Waals surface area contributed by atoms with Gasteiger partial charge in [0.1, 0.15) is 11.5 Å². The molecule has 2 aromatic carbocycles. The van der Waals surface area contributed by atoms with Gasteiger partial charge in [0.2, 0.25) is 0 Å². The average Bonchev–Trinajstić information content (AvgIpc) is 3.33. The zero-order valence-electron chi connectivity index (χ0n) is 18.1. The van der Waals surface area contributed by atoms with Crippen LogP contribution < -0.4 is 4.74 Å². The van der Waals surface area contributed by atoms with Crippen molar-refractivity contribution in [2.45, 2.75) is 38.6 Å². The second-order valence-electron chi connectivity index (χ2n) is 8.33. The Kier molecular flexibility index (Phi) is 6.82. The van der Waals surface area contributed by atoms with Gasteiger partial charge in [0, 0.05) is 44.0 Å². The van der Waals surface area contributed by atoms with Gasteiger partial charge in [-0.3, -0.25) is 4.79 Å². The van der Waals surface area contributed by atoms with Crippen molar-refractivity contribution in [2.75, 3.05) is 20.3 Å². The summed E-state index contributed by atoms with van der Waals surface area (Å²) in [4.78, 5) is 17.5. The van der Waals surface area contributed by atoms with E-state index in [0.29, 0.717) is 25.4 Å². The number of carbonyl (C=O) groups is 1. The highest BCUT2D eigenvalue weighted by Crippen LogP contribution is 2.37. The number of imidazole rings is 1. The molecule has 1 aromatic heterocycles. The predicted octanol–water partition coefficient (Wildman–Crippen LogP) is 4.95. The van der Waals surface area contributed by atoms with Crippen LogP contribution in [0.15, 0.2) is 67.3 Å². The maximum atomic E-state index is 13.4. The molecule has 4 rings (SSSR count). The van der Waals surface area contributed by atoms with Crippen molar-refractivity contribution < 1.29 is 14.3 Å². The molecule has 0 atom stereocenters. The number of hydrogen-bond acceptors (Lipinski definition) is 4. The lowest BCUT2D eigenvalue weighted by atomic mass is 9.70. The van der Waals surface area contributed by atoms with Gasteiger partial charge in [0.25, 0.3) is 0 Å². The molecule has 0 saturated carbocycles. The maximum absolute atomic E-state index is 13.4. The van der Waals surface area contributed by atoms with E-state index in [9.17, 15) is 4.79 Å². The monoisotopic (exact) mass is 418 g/mol. The lowest BCUT2D eigenvalue weighted by molar-refractivity contribution is -0.134. The molecule has 3 aromatic rings. The number of Topliss-reactive ketones (excluding diaryl/α,β-unsaturated/α-hetero) is 1. The van der Waals surface area contributed by atoms with E-state index >= 15 is 0 Å². The van der Waals surface area contributed by atoms with Crippen molar-refractivity contribution >= 4 is 5.78 Å². The third kappa shape index (κ3) is 5.23. The molecular formula is C26H30N2O3. The summed E-state index contributed by atoms with van der Waals surface area (Å²) in [6.45, 7) is 2.13. The summed E-state index contributed by atoms with van der Waals surface area (Å²) < 4.78 is 13.0. The quantitative estimate of drug-likeness (QED) is 0.493. The Labute approximate surface area is 184 Å². The Hall–Kier alpha value is -2.92. The molecule has 0 N–H and O–H groups in total. The first-order chi connectivity index (χ1) is 15.2. The smallest absolute Gasteiger partial charge is 0.139 e. The summed E-state index contributed by atoms with van der Waals surface area (Å²) in [5.41, 5.74) is 3.13. The summed E-state index contributed by atoms with van der Waals surface area (Å²) in [6, 6.07) is 16.6. The normalized spacial score (nSPS) is 15.5. The Morgan fingerprint density at radius 3 is 2.65 bits per heavy atom. The molecule has 0 amide bonds. The fourth-order valence-electron chi connectivity index (χ4n) is 4.48. The minimum absolute atomic E-state index is 0.333. The molecule has 0 radical (unpaired) electrons. The molecule has 0 spiro atoms. The molecule has 2 heterocycles. The van der Waals surface area contributed by atoms with Crippen molar-refractivity contribution in [3.8, 4) is 16.9 Å². The first kappa shape index (κ1) is 21.3. The highest BCUT2D eigenvalue weighted by molar-refractivity contribution is 5.85. The molecule has 1 saturated heterocycles. The van der Waals surface area contributed by atoms with E-state index in [2.05, 4.69) is 35.3 Å². The molecule has 31 heavy (non-hydrogen) atoms. The predicted molar refractivity (Wildman–Crippen MR) is 121 cm³/mol. The SMILES string of the molecule is COc1cccc(-c2cccc(CC3(C(=O)CCCn4ccnc4)CCOCC3)c2)c1. The number of aromatic nitrogens is 2. The van der Waals surface area contributed by atoms with Gasteiger partial charge in [-0.05, 0) is 54.5 Å². The molecule has 0 unspecified atom stereocenters. The van der Waals surface area contributed by atoms with Crippen LogP contribution in [-0.4, -0.2) is 35.7 Å². The molecule has 1 aliphatic heterocycles. The van der Waals surface area contributed by atoms with Crippen LogP contribution in [0.25, 0.3) is 11.1 Å². The number of nitrogens with zero attached hydrogens (tertiary/aromatic N) is 2. The highest BCUT2D eigenvalue weighted by Gasteiger charge is 2.39. The number of aryl methyl sites for hydroxylation is 1. The van der Waals surface area contributed by atoms with Crippen LogP contribution in [0, 0.1) is 5.41 Å². The third-order valence-corrected chi connectivity index (χ3v) is 6.29. The van der Waals surface area contributed by atoms with Crippen LogP contribution in [-0.2, 0) is 22.5 Å². The summed E-state index contributed by atoms with van der Waals surface area (Å²) in [5.74, 6) is 1.21. The van der Waals surface area contributed by atoms with E-state index in [-0.39, 0.29) is 5.41 Å². The van der Waals surface area contributed by atoms with Gasteiger partial charge in [-0.2, -0.15) is 0 Å². The van der Waals surface area contributed by atoms with Gasteiger partial charge in [-0.1, -0.05) is 36.4 Å². The second kappa shape index (κ2) is 9.92. The zero-order valence-corrected chi connectivity index (χ0v) is 18.1. The van der Waals surface area contributed by atoms with Crippen LogP contribution in [0.4, 0.5) is 0 Å². The van der Waals surface area contributed by atoms with Crippen LogP contribution in [0.2, 0.25) is 0 Å². The van der Waals surface area contributed by atoms with E-state index in [1.165, 1.54) is 5.56 Å². The lowest BCUT2D eigenvalue weighted by Crippen LogP contribution is -2.39. The second-order valence-corrected chi connectivity index (χ2v) is 8.33. The molecule has 5 heteroatoms. The highest BCUT2D eigenvalue weighted by atomic mass is 16.5. The molecular weight excluding hydrogens is 388 g/mol. The van der Waals surface area contributed by atoms with Gasteiger partial charge >= 0.3 is 0 Å². The summed E-state index contributed by atoms with van der Waals surface area (Å²) >= 11 is 0. The first-order valence-electron chi connectivity index (χ1n) is 11.0. The van der Waals surface area contributed by atoms with E-state index in [1.54, 1.807) is 19.6 Å². The fourth-order valence-corrected chi connectivity index (χ4v) is 4.48. The number of methoxy groups -OCH3 is 1. The average molecular weight is 419 g/mol.